The van der Waals surface area contributed by atoms with Crippen LogP contribution in [0.2, 0.25) is 0 Å². The average molecular weight is 293 g/mol. The zero-order valence-electron chi connectivity index (χ0n) is 13.9. The minimum Gasteiger partial charge on any atom is -0.385 e. The Labute approximate surface area is 151 Å². The third kappa shape index (κ3) is 5.03. The number of benzene rings is 3. The summed E-state index contributed by atoms with van der Waals surface area (Å²) in [7, 11) is 0. The minimum absolute atomic E-state index is 0. The van der Waals surface area contributed by atoms with E-state index in [1.165, 1.54) is 16.7 Å². The van der Waals surface area contributed by atoms with Crippen LogP contribution in [0.3, 0.4) is 0 Å². The molecule has 0 bridgehead atoms. The third-order valence-corrected chi connectivity index (χ3v) is 3.70. The maximum atomic E-state index is 3.47. The Morgan fingerprint density at radius 2 is 1.22 bits per heavy atom. The zero-order chi connectivity index (χ0) is 15.2. The molecule has 0 heterocycles. The van der Waals surface area contributed by atoms with Gasteiger partial charge >= 0.3 is 18.9 Å². The maximum Gasteiger partial charge on any atom is 1.00 e. The van der Waals surface area contributed by atoms with Gasteiger partial charge < -0.3 is 4.90 Å². The largest absolute Gasteiger partial charge is 1.00 e. The van der Waals surface area contributed by atoms with Crippen molar-refractivity contribution in [2.45, 2.75) is 20.0 Å². The van der Waals surface area contributed by atoms with Crippen molar-refractivity contribution in [2.24, 2.45) is 0 Å². The number of anilines is 1. The van der Waals surface area contributed by atoms with Crippen LogP contribution in [-0.4, -0.2) is 0 Å². The Hall–Kier alpha value is -1.94. The monoisotopic (exact) mass is 293 g/mol. The van der Waals surface area contributed by atoms with Gasteiger partial charge in [0.1, 0.15) is 0 Å². The van der Waals surface area contributed by atoms with E-state index in [0.29, 0.717) is 0 Å². The number of rotatable bonds is 5. The van der Waals surface area contributed by atoms with Crippen LogP contribution in [-0.2, 0) is 13.1 Å². The van der Waals surface area contributed by atoms with Crippen molar-refractivity contribution in [1.82, 2.24) is 0 Å². The van der Waals surface area contributed by atoms with Gasteiger partial charge in [-0.05, 0) is 11.1 Å². The molecule has 0 N–H and O–H groups in total. The smallest absolute Gasteiger partial charge is 0.385 e. The van der Waals surface area contributed by atoms with Gasteiger partial charge in [-0.25, -0.2) is 0 Å². The quantitative estimate of drug-likeness (QED) is 0.514. The molecule has 3 aromatic rings. The van der Waals surface area contributed by atoms with Crippen LogP contribution < -0.4 is 23.8 Å². The molecule has 0 fully saturated rings. The van der Waals surface area contributed by atoms with E-state index in [2.05, 4.69) is 96.8 Å². The van der Waals surface area contributed by atoms with E-state index in [9.17, 15) is 0 Å². The molecular weight excluding hydrogens is 273 g/mol. The van der Waals surface area contributed by atoms with Gasteiger partial charge in [0.05, 0.1) is 0 Å². The number of hydrogen-bond donors (Lipinski definition) is 0. The predicted octanol–water partition coefficient (Wildman–Crippen LogP) is 2.01. The normalized spacial score (nSPS) is 9.96. The Morgan fingerprint density at radius 1 is 0.696 bits per heavy atom. The standard InChI is InChI=1S/C21H20N.Li/c1-18-9-8-14-21(15-18)22(16-19-10-4-2-5-11-19)17-20-12-6-3-7-13-20;/h2-14H,16-17H2,1H3;/q-1;+1. The van der Waals surface area contributed by atoms with Gasteiger partial charge in [-0.15, -0.1) is 6.07 Å². The maximum absolute atomic E-state index is 3.47. The summed E-state index contributed by atoms with van der Waals surface area (Å²) in [4.78, 5) is 2.37. The van der Waals surface area contributed by atoms with Crippen molar-refractivity contribution in [3.8, 4) is 0 Å². The third-order valence-electron chi connectivity index (χ3n) is 3.70. The molecule has 1 nitrogen and oxygen atoms in total. The summed E-state index contributed by atoms with van der Waals surface area (Å²) in [6.07, 6.45) is 0. The summed E-state index contributed by atoms with van der Waals surface area (Å²) >= 11 is 0. The second-order valence-corrected chi connectivity index (χ2v) is 5.55. The molecule has 0 saturated heterocycles. The van der Waals surface area contributed by atoms with Crippen molar-refractivity contribution in [1.29, 1.82) is 0 Å². The first kappa shape index (κ1) is 17.4. The van der Waals surface area contributed by atoms with Gasteiger partial charge in [-0.2, -0.15) is 23.8 Å². The fraction of sp³-hybridized carbons (Fsp3) is 0.143. The molecule has 0 spiro atoms. The second kappa shape index (κ2) is 8.63. The van der Waals surface area contributed by atoms with E-state index < -0.39 is 0 Å². The zero-order valence-corrected chi connectivity index (χ0v) is 13.9. The molecule has 0 atom stereocenters. The van der Waals surface area contributed by atoms with Gasteiger partial charge in [0.2, 0.25) is 0 Å². The van der Waals surface area contributed by atoms with Crippen LogP contribution >= 0.6 is 0 Å². The summed E-state index contributed by atoms with van der Waals surface area (Å²) in [6.45, 7) is 3.86. The molecule has 23 heavy (non-hydrogen) atoms. The summed E-state index contributed by atoms with van der Waals surface area (Å²) in [5.41, 5.74) is 4.94. The molecule has 2 heteroatoms. The first-order valence-electron chi connectivity index (χ1n) is 7.63. The van der Waals surface area contributed by atoms with Crippen molar-refractivity contribution in [3.05, 3.63) is 102 Å². The first-order valence-corrected chi connectivity index (χ1v) is 7.63. The van der Waals surface area contributed by atoms with Crippen LogP contribution in [0.25, 0.3) is 0 Å². The van der Waals surface area contributed by atoms with E-state index in [1.807, 2.05) is 0 Å². The average Bonchev–Trinajstić information content (AvgIpc) is 2.56. The molecule has 0 amide bonds. The van der Waals surface area contributed by atoms with Gasteiger partial charge in [0.15, 0.2) is 0 Å². The Morgan fingerprint density at radius 3 is 1.70 bits per heavy atom. The summed E-state index contributed by atoms with van der Waals surface area (Å²) < 4.78 is 0. The van der Waals surface area contributed by atoms with Gasteiger partial charge in [-0.3, -0.25) is 0 Å². The van der Waals surface area contributed by atoms with Crippen LogP contribution in [0, 0.1) is 13.0 Å². The fourth-order valence-corrected chi connectivity index (χ4v) is 2.59. The van der Waals surface area contributed by atoms with Gasteiger partial charge in [-0.1, -0.05) is 73.3 Å². The first-order chi connectivity index (χ1) is 10.8. The molecule has 0 radical (unpaired) electrons. The summed E-state index contributed by atoms with van der Waals surface area (Å²) in [5, 5.41) is 0. The SMILES string of the molecule is Cc1[c-]c(N(Cc2ccccc2)Cc2ccccc2)ccc1.[Li+]. The minimum atomic E-state index is 0. The molecule has 3 rings (SSSR count). The fourth-order valence-electron chi connectivity index (χ4n) is 2.59. The summed E-state index contributed by atoms with van der Waals surface area (Å²) in [5.74, 6) is 0. The van der Waals surface area contributed by atoms with E-state index in [0.717, 1.165) is 18.8 Å². The van der Waals surface area contributed by atoms with Crippen molar-refractivity contribution in [3.63, 3.8) is 0 Å². The van der Waals surface area contributed by atoms with Crippen molar-refractivity contribution in [2.75, 3.05) is 4.90 Å². The second-order valence-electron chi connectivity index (χ2n) is 5.55. The molecule has 0 aliphatic rings. The van der Waals surface area contributed by atoms with E-state index in [1.54, 1.807) is 0 Å². The van der Waals surface area contributed by atoms with Crippen LogP contribution in [0.1, 0.15) is 16.7 Å². The van der Waals surface area contributed by atoms with Crippen LogP contribution in [0.15, 0.2) is 78.9 Å². The van der Waals surface area contributed by atoms with Crippen LogP contribution in [0.4, 0.5) is 5.69 Å². The number of aryl methyl sites for hydroxylation is 1. The molecule has 0 unspecified atom stereocenters. The molecule has 0 aliphatic heterocycles. The Bertz CT molecular complexity index is 669. The Balaban J connectivity index is 0.00000192. The van der Waals surface area contributed by atoms with E-state index >= 15 is 0 Å². The number of nitrogens with zero attached hydrogens (tertiary/aromatic N) is 1. The number of hydrogen-bond acceptors (Lipinski definition) is 1. The van der Waals surface area contributed by atoms with Gasteiger partial charge in [0.25, 0.3) is 0 Å². The molecule has 3 aromatic carbocycles. The molecular formula is C21H20LiN. The predicted molar refractivity (Wildman–Crippen MR) is 92.8 cm³/mol. The molecule has 110 valence electrons. The summed E-state index contributed by atoms with van der Waals surface area (Å²) in [6, 6.07) is 31.0. The van der Waals surface area contributed by atoms with Crippen LogP contribution in [0.5, 0.6) is 0 Å². The molecule has 0 saturated carbocycles. The van der Waals surface area contributed by atoms with Crippen molar-refractivity contribution >= 4 is 5.69 Å². The van der Waals surface area contributed by atoms with Crippen molar-refractivity contribution < 1.29 is 18.9 Å². The van der Waals surface area contributed by atoms with E-state index in [4.69, 9.17) is 0 Å². The van der Waals surface area contributed by atoms with E-state index in [-0.39, 0.29) is 18.9 Å². The molecule has 0 aromatic heterocycles. The Kier molecular flexibility index (Phi) is 6.53. The molecule has 0 aliphatic carbocycles. The van der Waals surface area contributed by atoms with Gasteiger partial charge in [0, 0.05) is 13.1 Å². The topological polar surface area (TPSA) is 3.24 Å².